The third-order valence-corrected chi connectivity index (χ3v) is 6.53. The quantitative estimate of drug-likeness (QED) is 0.873. The molecule has 2 aromatic rings. The van der Waals surface area contributed by atoms with Crippen LogP contribution in [-0.2, 0) is 16.6 Å². The van der Waals surface area contributed by atoms with Gasteiger partial charge in [-0.2, -0.15) is 4.31 Å². The Morgan fingerprint density at radius 1 is 1.19 bits per heavy atom. The number of rotatable bonds is 5. The van der Waals surface area contributed by atoms with Gasteiger partial charge in [0.25, 0.3) is 5.91 Å². The fourth-order valence-corrected chi connectivity index (χ4v) is 4.46. The summed E-state index contributed by atoms with van der Waals surface area (Å²) in [6.07, 6.45) is 3.39. The smallest absolute Gasteiger partial charge is 0.251 e. The van der Waals surface area contributed by atoms with E-state index in [-0.39, 0.29) is 10.8 Å². The molecule has 1 aliphatic rings. The fourth-order valence-electron chi connectivity index (χ4n) is 2.95. The normalized spacial score (nSPS) is 16.3. The maximum Gasteiger partial charge on any atom is 0.251 e. The molecule has 2 heterocycles. The van der Waals surface area contributed by atoms with E-state index in [1.165, 1.54) is 10.4 Å². The topological polar surface area (TPSA) is 79.4 Å². The zero-order chi connectivity index (χ0) is 18.6. The first-order valence-corrected chi connectivity index (χ1v) is 10.2. The number of carbonyl (C=O) groups excluding carboxylic acids is 1. The third-order valence-electron chi connectivity index (χ3n) is 4.63. The van der Waals surface area contributed by atoms with Gasteiger partial charge in [0.05, 0.1) is 17.1 Å². The molecule has 26 heavy (non-hydrogen) atoms. The van der Waals surface area contributed by atoms with Gasteiger partial charge >= 0.3 is 0 Å². The minimum atomic E-state index is -3.57. The molecule has 0 spiro atoms. The molecule has 1 saturated heterocycles. The lowest BCUT2D eigenvalue weighted by Gasteiger charge is -2.29. The molecule has 0 bridgehead atoms. The van der Waals surface area contributed by atoms with E-state index in [1.54, 1.807) is 30.5 Å². The number of hydrogen-bond donors (Lipinski definition) is 1. The summed E-state index contributed by atoms with van der Waals surface area (Å²) in [6.45, 7) is 3.48. The van der Waals surface area contributed by atoms with Crippen LogP contribution in [0.4, 0.5) is 0 Å². The number of benzene rings is 1. The molecule has 0 saturated carbocycles. The molecule has 0 atom stereocenters. The molecular weight excluding hydrogens is 350 g/mol. The maximum atomic E-state index is 12.8. The summed E-state index contributed by atoms with van der Waals surface area (Å²) >= 11 is 0. The number of nitrogens with zero attached hydrogens (tertiary/aromatic N) is 2. The van der Waals surface area contributed by atoms with Crippen molar-refractivity contribution in [3.05, 3.63) is 59.9 Å². The number of aromatic nitrogens is 1. The molecular formula is C19H23N3O3S. The molecule has 1 amide bonds. The number of amides is 1. The van der Waals surface area contributed by atoms with Crippen molar-refractivity contribution in [2.24, 2.45) is 5.92 Å². The summed E-state index contributed by atoms with van der Waals surface area (Å²) in [6, 6.07) is 11.7. The van der Waals surface area contributed by atoms with Crippen LogP contribution in [0.15, 0.2) is 53.6 Å². The van der Waals surface area contributed by atoms with Gasteiger partial charge < -0.3 is 5.32 Å². The van der Waals surface area contributed by atoms with Crippen molar-refractivity contribution in [2.45, 2.75) is 31.2 Å². The highest BCUT2D eigenvalue weighted by molar-refractivity contribution is 7.89. The van der Waals surface area contributed by atoms with Crippen LogP contribution in [0.25, 0.3) is 0 Å². The lowest BCUT2D eigenvalue weighted by Crippen LogP contribution is -2.38. The molecule has 0 aliphatic carbocycles. The van der Waals surface area contributed by atoms with Crippen molar-refractivity contribution >= 4 is 15.9 Å². The summed E-state index contributed by atoms with van der Waals surface area (Å²) in [5, 5.41) is 2.77. The minimum Gasteiger partial charge on any atom is -0.346 e. The number of nitrogens with one attached hydrogen (secondary N) is 1. The largest absolute Gasteiger partial charge is 0.346 e. The number of hydrogen-bond acceptors (Lipinski definition) is 4. The number of sulfonamides is 1. The molecule has 0 unspecified atom stereocenters. The van der Waals surface area contributed by atoms with Crippen LogP contribution in [0.3, 0.4) is 0 Å². The SMILES string of the molecule is CC1CCN(S(=O)(=O)c2cccc(C(=O)NCc3ccccn3)c2)CC1. The average molecular weight is 373 g/mol. The van der Waals surface area contributed by atoms with Crippen molar-refractivity contribution in [3.63, 3.8) is 0 Å². The van der Waals surface area contributed by atoms with Crippen LogP contribution in [0.1, 0.15) is 35.8 Å². The minimum absolute atomic E-state index is 0.164. The average Bonchev–Trinajstić information content (AvgIpc) is 2.67. The summed E-state index contributed by atoms with van der Waals surface area (Å²) in [5.74, 6) is 0.227. The first-order valence-electron chi connectivity index (χ1n) is 8.75. The molecule has 3 rings (SSSR count). The monoisotopic (exact) mass is 373 g/mol. The standard InChI is InChI=1S/C19H23N3O3S/c1-15-8-11-22(12-9-15)26(24,25)18-7-4-5-16(13-18)19(23)21-14-17-6-2-3-10-20-17/h2-7,10,13,15H,8-9,11-12,14H2,1H3,(H,21,23). The molecule has 1 aromatic carbocycles. The number of piperidine rings is 1. The molecule has 1 fully saturated rings. The highest BCUT2D eigenvalue weighted by Crippen LogP contribution is 2.23. The van der Waals surface area contributed by atoms with Gasteiger partial charge in [0.2, 0.25) is 10.0 Å². The van der Waals surface area contributed by atoms with Crippen LogP contribution >= 0.6 is 0 Å². The maximum absolute atomic E-state index is 12.8. The number of carbonyl (C=O) groups is 1. The van der Waals surface area contributed by atoms with E-state index in [2.05, 4.69) is 17.2 Å². The van der Waals surface area contributed by atoms with E-state index in [4.69, 9.17) is 0 Å². The predicted molar refractivity (Wildman–Crippen MR) is 99.0 cm³/mol. The van der Waals surface area contributed by atoms with E-state index in [0.29, 0.717) is 31.1 Å². The molecule has 0 radical (unpaired) electrons. The summed E-state index contributed by atoms with van der Waals surface area (Å²) < 4.78 is 27.2. The molecule has 1 aromatic heterocycles. The molecule has 6 nitrogen and oxygen atoms in total. The van der Waals surface area contributed by atoms with Gasteiger partial charge in [-0.25, -0.2) is 8.42 Å². The van der Waals surface area contributed by atoms with Crippen molar-refractivity contribution in [1.82, 2.24) is 14.6 Å². The Morgan fingerprint density at radius 3 is 2.65 bits per heavy atom. The third kappa shape index (κ3) is 4.28. The Kier molecular flexibility index (Phi) is 5.68. The van der Waals surface area contributed by atoms with Crippen LogP contribution in [-0.4, -0.2) is 36.7 Å². The Hall–Kier alpha value is -2.25. The van der Waals surface area contributed by atoms with E-state index < -0.39 is 10.0 Å². The molecule has 1 aliphatic heterocycles. The summed E-state index contributed by atoms with van der Waals surface area (Å²) in [7, 11) is -3.57. The van der Waals surface area contributed by atoms with Crippen LogP contribution in [0, 0.1) is 5.92 Å². The van der Waals surface area contributed by atoms with Gasteiger partial charge in [-0.15, -0.1) is 0 Å². The predicted octanol–water partition coefficient (Wildman–Crippen LogP) is 2.43. The van der Waals surface area contributed by atoms with Crippen molar-refractivity contribution < 1.29 is 13.2 Å². The molecule has 7 heteroatoms. The number of pyridine rings is 1. The highest BCUT2D eigenvalue weighted by Gasteiger charge is 2.28. The van der Waals surface area contributed by atoms with Crippen molar-refractivity contribution in [1.29, 1.82) is 0 Å². The summed E-state index contributed by atoms with van der Waals surface area (Å²) in [4.78, 5) is 16.7. The summed E-state index contributed by atoms with van der Waals surface area (Å²) in [5.41, 5.74) is 1.07. The lowest BCUT2D eigenvalue weighted by molar-refractivity contribution is 0.0950. The van der Waals surface area contributed by atoms with E-state index >= 15 is 0 Å². The van der Waals surface area contributed by atoms with Gasteiger partial charge in [-0.3, -0.25) is 9.78 Å². The van der Waals surface area contributed by atoms with Gasteiger partial charge in [0.1, 0.15) is 0 Å². The Bertz CT molecular complexity index is 861. The van der Waals surface area contributed by atoms with Crippen LogP contribution in [0.5, 0.6) is 0 Å². The second kappa shape index (κ2) is 7.97. The first-order chi connectivity index (χ1) is 12.5. The second-order valence-corrected chi connectivity index (χ2v) is 8.56. The zero-order valence-electron chi connectivity index (χ0n) is 14.8. The fraction of sp³-hybridized carbons (Fsp3) is 0.368. The van der Waals surface area contributed by atoms with E-state index in [0.717, 1.165) is 18.5 Å². The Morgan fingerprint density at radius 2 is 1.96 bits per heavy atom. The Labute approximate surface area is 154 Å². The van der Waals surface area contributed by atoms with E-state index in [9.17, 15) is 13.2 Å². The molecule has 138 valence electrons. The van der Waals surface area contributed by atoms with Crippen LogP contribution < -0.4 is 5.32 Å². The lowest BCUT2D eigenvalue weighted by atomic mass is 10.0. The van der Waals surface area contributed by atoms with Crippen LogP contribution in [0.2, 0.25) is 0 Å². The Balaban J connectivity index is 1.72. The van der Waals surface area contributed by atoms with Crippen molar-refractivity contribution in [3.8, 4) is 0 Å². The van der Waals surface area contributed by atoms with Gasteiger partial charge in [0, 0.05) is 24.8 Å². The van der Waals surface area contributed by atoms with E-state index in [1.807, 2.05) is 12.1 Å². The van der Waals surface area contributed by atoms with Gasteiger partial charge in [-0.1, -0.05) is 19.1 Å². The van der Waals surface area contributed by atoms with Gasteiger partial charge in [0.15, 0.2) is 0 Å². The zero-order valence-corrected chi connectivity index (χ0v) is 15.6. The first kappa shape index (κ1) is 18.5. The second-order valence-electron chi connectivity index (χ2n) is 6.62. The molecule has 1 N–H and O–H groups in total. The van der Waals surface area contributed by atoms with Crippen molar-refractivity contribution in [2.75, 3.05) is 13.1 Å². The van der Waals surface area contributed by atoms with Gasteiger partial charge in [-0.05, 0) is 49.1 Å². The highest BCUT2D eigenvalue weighted by atomic mass is 32.2.